The van der Waals surface area contributed by atoms with E-state index < -0.39 is 0 Å². The van der Waals surface area contributed by atoms with E-state index in [1.807, 2.05) is 25.1 Å². The fourth-order valence-electron chi connectivity index (χ4n) is 0.945. The van der Waals surface area contributed by atoms with Gasteiger partial charge in [0.2, 0.25) is 0 Å². The first-order valence-corrected chi connectivity index (χ1v) is 4.39. The van der Waals surface area contributed by atoms with Gasteiger partial charge in [-0.1, -0.05) is 6.07 Å². The first kappa shape index (κ1) is 10.4. The number of hydrogen-bond donors (Lipinski definition) is 0. The van der Waals surface area contributed by atoms with Gasteiger partial charge >= 0.3 is 0 Å². The lowest BCUT2D eigenvalue weighted by Crippen LogP contribution is -2.09. The van der Waals surface area contributed by atoms with Crippen LogP contribution in [0.4, 0.5) is 0 Å². The van der Waals surface area contributed by atoms with Crippen molar-refractivity contribution < 1.29 is 9.47 Å². The monoisotopic (exact) mass is 191 g/mol. The summed E-state index contributed by atoms with van der Waals surface area (Å²) in [7, 11) is 1.61. The predicted molar refractivity (Wildman–Crippen MR) is 54.6 cm³/mol. The highest BCUT2D eigenvalue weighted by Crippen LogP contribution is 2.18. The summed E-state index contributed by atoms with van der Waals surface area (Å²) >= 11 is 0. The van der Waals surface area contributed by atoms with Crippen LogP contribution in [0.25, 0.3) is 4.85 Å². The minimum atomic E-state index is -0.110. The molecule has 0 amide bonds. The highest BCUT2D eigenvalue weighted by atomic mass is 16.5. The molecule has 0 bridgehead atoms. The molecule has 0 radical (unpaired) electrons. The Morgan fingerprint density at radius 1 is 1.43 bits per heavy atom. The molecule has 14 heavy (non-hydrogen) atoms. The fourth-order valence-corrected chi connectivity index (χ4v) is 0.945. The largest absolute Gasteiger partial charge is 0.497 e. The molecule has 0 aliphatic heterocycles. The minimum Gasteiger partial charge on any atom is -0.497 e. The first-order valence-electron chi connectivity index (χ1n) is 4.39. The highest BCUT2D eigenvalue weighted by Gasteiger charge is 2.04. The van der Waals surface area contributed by atoms with Crippen molar-refractivity contribution >= 4 is 0 Å². The van der Waals surface area contributed by atoms with E-state index in [-0.39, 0.29) is 6.04 Å². The summed E-state index contributed by atoms with van der Waals surface area (Å²) in [4.78, 5) is 3.34. The van der Waals surface area contributed by atoms with Crippen molar-refractivity contribution in [1.29, 1.82) is 0 Å². The van der Waals surface area contributed by atoms with Gasteiger partial charge in [-0.25, -0.2) is 6.57 Å². The number of benzene rings is 1. The van der Waals surface area contributed by atoms with Gasteiger partial charge in [-0.05, 0) is 12.1 Å². The molecule has 1 aromatic rings. The summed E-state index contributed by atoms with van der Waals surface area (Å²) in [6, 6.07) is 7.25. The normalized spacial score (nSPS) is 11.5. The highest BCUT2D eigenvalue weighted by molar-refractivity contribution is 5.32. The summed E-state index contributed by atoms with van der Waals surface area (Å²) in [5, 5.41) is 0. The van der Waals surface area contributed by atoms with Gasteiger partial charge in [0, 0.05) is 13.0 Å². The second kappa shape index (κ2) is 5.13. The topological polar surface area (TPSA) is 22.8 Å². The molecule has 0 heterocycles. The van der Waals surface area contributed by atoms with Crippen molar-refractivity contribution in [3.05, 3.63) is 35.7 Å². The molecular weight excluding hydrogens is 178 g/mol. The first-order chi connectivity index (χ1) is 6.76. The molecular formula is C11H13NO2. The van der Waals surface area contributed by atoms with Crippen molar-refractivity contribution in [2.24, 2.45) is 0 Å². The standard InChI is InChI=1S/C11H13NO2/c1-9(12-2)8-14-11-6-4-5-10(7-11)13-3/h4-7,9H,8H2,1,3H3. The third-order valence-corrected chi connectivity index (χ3v) is 1.75. The lowest BCUT2D eigenvalue weighted by atomic mass is 10.3. The lowest BCUT2D eigenvalue weighted by Gasteiger charge is -2.06. The second-order valence-electron chi connectivity index (χ2n) is 2.97. The maximum atomic E-state index is 6.77. The molecule has 74 valence electrons. The maximum Gasteiger partial charge on any atom is 0.254 e. The van der Waals surface area contributed by atoms with Gasteiger partial charge in [-0.2, -0.15) is 0 Å². The number of rotatable bonds is 4. The van der Waals surface area contributed by atoms with Crippen LogP contribution in [0.3, 0.4) is 0 Å². The van der Waals surface area contributed by atoms with Crippen LogP contribution in [-0.2, 0) is 0 Å². The van der Waals surface area contributed by atoms with Crippen LogP contribution < -0.4 is 9.47 Å². The fraction of sp³-hybridized carbons (Fsp3) is 0.364. The van der Waals surface area contributed by atoms with Gasteiger partial charge in [-0.3, -0.25) is 0 Å². The SMILES string of the molecule is [C-]#[N+]C(C)COc1cccc(OC)c1. The molecule has 1 unspecified atom stereocenters. The number of hydrogen-bond acceptors (Lipinski definition) is 2. The Morgan fingerprint density at radius 3 is 2.79 bits per heavy atom. The lowest BCUT2D eigenvalue weighted by molar-refractivity contribution is 0.307. The molecule has 1 atom stereocenters. The van der Waals surface area contributed by atoms with Crippen LogP contribution in [0.2, 0.25) is 0 Å². The molecule has 0 saturated heterocycles. The van der Waals surface area contributed by atoms with Gasteiger partial charge in [0.25, 0.3) is 6.04 Å². The van der Waals surface area contributed by atoms with Crippen LogP contribution in [0.15, 0.2) is 24.3 Å². The van der Waals surface area contributed by atoms with Crippen molar-refractivity contribution in [2.45, 2.75) is 13.0 Å². The van der Waals surface area contributed by atoms with Gasteiger partial charge < -0.3 is 14.3 Å². The van der Waals surface area contributed by atoms with E-state index in [1.54, 1.807) is 13.2 Å². The molecule has 0 aromatic heterocycles. The van der Waals surface area contributed by atoms with Crippen LogP contribution >= 0.6 is 0 Å². The van der Waals surface area contributed by atoms with Crippen LogP contribution in [0.1, 0.15) is 6.92 Å². The molecule has 0 aliphatic rings. The number of methoxy groups -OCH3 is 1. The molecule has 1 rings (SSSR count). The third kappa shape index (κ3) is 2.98. The van der Waals surface area contributed by atoms with E-state index in [0.717, 1.165) is 11.5 Å². The Kier molecular flexibility index (Phi) is 3.81. The molecule has 0 N–H and O–H groups in total. The molecule has 0 aliphatic carbocycles. The number of nitrogens with zero attached hydrogens (tertiary/aromatic N) is 1. The molecule has 1 aromatic carbocycles. The van der Waals surface area contributed by atoms with Gasteiger partial charge in [-0.15, -0.1) is 0 Å². The summed E-state index contributed by atoms with van der Waals surface area (Å²) in [6.45, 7) is 9.01. The van der Waals surface area contributed by atoms with E-state index in [2.05, 4.69) is 4.85 Å². The van der Waals surface area contributed by atoms with Crippen molar-refractivity contribution in [3.8, 4) is 11.5 Å². The van der Waals surface area contributed by atoms with Crippen molar-refractivity contribution in [1.82, 2.24) is 0 Å². The summed E-state index contributed by atoms with van der Waals surface area (Å²) in [5.41, 5.74) is 0. The summed E-state index contributed by atoms with van der Waals surface area (Å²) in [6.07, 6.45) is 0. The molecule has 0 fully saturated rings. The van der Waals surface area contributed by atoms with Gasteiger partial charge in [0.15, 0.2) is 6.61 Å². The molecule has 3 nitrogen and oxygen atoms in total. The zero-order valence-corrected chi connectivity index (χ0v) is 8.36. The minimum absolute atomic E-state index is 0.110. The average molecular weight is 191 g/mol. The molecule has 0 spiro atoms. The van der Waals surface area contributed by atoms with E-state index in [9.17, 15) is 0 Å². The Bertz CT molecular complexity index is 330. The molecule has 0 saturated carbocycles. The quantitative estimate of drug-likeness (QED) is 0.682. The van der Waals surface area contributed by atoms with Crippen LogP contribution in [0.5, 0.6) is 11.5 Å². The summed E-state index contributed by atoms with van der Waals surface area (Å²) < 4.78 is 10.5. The average Bonchev–Trinajstić information content (AvgIpc) is 2.26. The van der Waals surface area contributed by atoms with Gasteiger partial charge in [0.1, 0.15) is 11.5 Å². The van der Waals surface area contributed by atoms with Gasteiger partial charge in [0.05, 0.1) is 7.11 Å². The maximum absolute atomic E-state index is 6.77. The smallest absolute Gasteiger partial charge is 0.254 e. The Morgan fingerprint density at radius 2 is 2.14 bits per heavy atom. The van der Waals surface area contributed by atoms with E-state index in [1.165, 1.54) is 0 Å². The Hall–Kier alpha value is -1.69. The van der Waals surface area contributed by atoms with E-state index in [4.69, 9.17) is 16.0 Å². The number of ether oxygens (including phenoxy) is 2. The van der Waals surface area contributed by atoms with Crippen molar-refractivity contribution in [3.63, 3.8) is 0 Å². The second-order valence-corrected chi connectivity index (χ2v) is 2.97. The predicted octanol–water partition coefficient (Wildman–Crippen LogP) is 2.38. The van der Waals surface area contributed by atoms with Crippen LogP contribution in [0, 0.1) is 6.57 Å². The van der Waals surface area contributed by atoms with Crippen LogP contribution in [-0.4, -0.2) is 19.8 Å². The molecule has 3 heteroatoms. The summed E-state index contributed by atoms with van der Waals surface area (Å²) in [5.74, 6) is 1.50. The zero-order valence-electron chi connectivity index (χ0n) is 8.36. The Balaban J connectivity index is 2.55. The third-order valence-electron chi connectivity index (χ3n) is 1.75. The van der Waals surface area contributed by atoms with E-state index >= 15 is 0 Å². The van der Waals surface area contributed by atoms with Crippen molar-refractivity contribution in [2.75, 3.05) is 13.7 Å². The Labute approximate surface area is 84.1 Å². The van der Waals surface area contributed by atoms with E-state index in [0.29, 0.717) is 6.61 Å². The zero-order chi connectivity index (χ0) is 10.4.